The Kier molecular flexibility index (Phi) is 6.51. The fourth-order valence-electron chi connectivity index (χ4n) is 1.79. The minimum atomic E-state index is -8.35. The van der Waals surface area contributed by atoms with Gasteiger partial charge in [-0.05, 0) is 24.3 Å². The van der Waals surface area contributed by atoms with Crippen molar-refractivity contribution < 1.29 is 75.0 Å². The number of halogens is 16. The van der Waals surface area contributed by atoms with E-state index in [9.17, 15) is 70.2 Å². The van der Waals surface area contributed by atoms with Crippen molar-refractivity contribution in [1.82, 2.24) is 0 Å². The first-order valence-corrected chi connectivity index (χ1v) is 7.19. The quantitative estimate of drug-likeness (QED) is 0.372. The Morgan fingerprint density at radius 2 is 0.871 bits per heavy atom. The molecule has 1 aromatic carbocycles. The van der Waals surface area contributed by atoms with Gasteiger partial charge in [-0.25, -0.2) is 4.39 Å². The molecule has 0 amide bonds. The molecular formula is C14H6F16O. The summed E-state index contributed by atoms with van der Waals surface area (Å²) in [6.45, 7) is -2.97. The van der Waals surface area contributed by atoms with Gasteiger partial charge >= 0.3 is 41.7 Å². The van der Waals surface area contributed by atoms with Crippen LogP contribution in [-0.4, -0.2) is 48.3 Å². The minimum Gasteiger partial charge on any atom is -0.487 e. The molecule has 180 valence electrons. The van der Waals surface area contributed by atoms with Gasteiger partial charge in [-0.1, -0.05) is 0 Å². The molecule has 0 spiro atoms. The lowest BCUT2D eigenvalue weighted by atomic mass is 9.91. The molecule has 1 aromatic rings. The van der Waals surface area contributed by atoms with E-state index in [4.69, 9.17) is 0 Å². The van der Waals surface area contributed by atoms with Crippen molar-refractivity contribution in [2.45, 2.75) is 41.7 Å². The van der Waals surface area contributed by atoms with Crippen LogP contribution in [0, 0.1) is 5.82 Å². The van der Waals surface area contributed by atoms with Crippen LogP contribution in [0.3, 0.4) is 0 Å². The first kappa shape index (κ1) is 26.9. The van der Waals surface area contributed by atoms with Crippen molar-refractivity contribution >= 4 is 0 Å². The first-order chi connectivity index (χ1) is 13.5. The number of ether oxygens (including phenoxy) is 1. The average Bonchev–Trinajstić information content (AvgIpc) is 2.59. The van der Waals surface area contributed by atoms with Crippen molar-refractivity contribution in [3.8, 4) is 5.75 Å². The predicted molar refractivity (Wildman–Crippen MR) is 67.6 cm³/mol. The van der Waals surface area contributed by atoms with E-state index in [0.29, 0.717) is 24.3 Å². The van der Waals surface area contributed by atoms with Crippen molar-refractivity contribution in [3.05, 3.63) is 30.1 Å². The van der Waals surface area contributed by atoms with Gasteiger partial charge in [0.05, 0.1) is 0 Å². The molecule has 0 atom stereocenters. The second-order valence-electron chi connectivity index (χ2n) is 5.82. The highest BCUT2D eigenvalue weighted by atomic mass is 19.4. The van der Waals surface area contributed by atoms with Gasteiger partial charge in [-0.15, -0.1) is 0 Å². The van der Waals surface area contributed by atoms with E-state index in [1.807, 2.05) is 0 Å². The fourth-order valence-corrected chi connectivity index (χ4v) is 1.79. The summed E-state index contributed by atoms with van der Waals surface area (Å²) in [5.41, 5.74) is 0. The van der Waals surface area contributed by atoms with Gasteiger partial charge in [0.15, 0.2) is 6.61 Å². The highest BCUT2D eigenvalue weighted by molar-refractivity contribution is 5.22. The lowest BCUT2D eigenvalue weighted by Crippen LogP contribution is -2.73. The largest absolute Gasteiger partial charge is 0.487 e. The summed E-state index contributed by atoms with van der Waals surface area (Å²) >= 11 is 0. The fraction of sp³-hybridized carbons (Fsp3) is 0.571. The number of benzene rings is 1. The summed E-state index contributed by atoms with van der Waals surface area (Å²) in [7, 11) is 0. The Labute approximate surface area is 160 Å². The molecule has 0 N–H and O–H groups in total. The molecule has 0 saturated heterocycles. The molecule has 17 heteroatoms. The van der Waals surface area contributed by atoms with Gasteiger partial charge in [-0.3, -0.25) is 0 Å². The Morgan fingerprint density at radius 3 is 1.26 bits per heavy atom. The molecule has 31 heavy (non-hydrogen) atoms. The topological polar surface area (TPSA) is 9.23 Å². The standard InChI is InChI=1S/C14H6F16O/c15-6-1-3-7(4-2-6)31-5-8(16,17)9(18,19)10(20,21)11(22,23)12(24,25)13(26,27)14(28,29)30/h1-4H,5H2. The van der Waals surface area contributed by atoms with Crippen molar-refractivity contribution in [1.29, 1.82) is 0 Å². The number of alkyl halides is 15. The predicted octanol–water partition coefficient (Wildman–Crippen LogP) is 6.58. The van der Waals surface area contributed by atoms with Crippen LogP contribution in [0.4, 0.5) is 70.2 Å². The van der Waals surface area contributed by atoms with Crippen LogP contribution in [0.15, 0.2) is 24.3 Å². The minimum absolute atomic E-state index is 0.453. The molecule has 0 aromatic heterocycles. The van der Waals surface area contributed by atoms with Gasteiger partial charge in [0.25, 0.3) is 0 Å². The van der Waals surface area contributed by atoms with Crippen LogP contribution >= 0.6 is 0 Å². The maximum absolute atomic E-state index is 13.5. The number of rotatable bonds is 8. The normalized spacial score (nSPS) is 15.2. The number of hydrogen-bond donors (Lipinski definition) is 0. The van der Waals surface area contributed by atoms with Crippen LogP contribution in [0.2, 0.25) is 0 Å². The maximum atomic E-state index is 13.5. The van der Waals surface area contributed by atoms with Gasteiger partial charge < -0.3 is 4.74 Å². The smallest absolute Gasteiger partial charge is 0.460 e. The molecule has 0 aliphatic carbocycles. The summed E-state index contributed by atoms with van der Waals surface area (Å²) in [5, 5.41) is 0. The SMILES string of the molecule is Fc1ccc(OCC(F)(F)C(F)(F)C(F)(F)C(F)(F)C(F)(F)C(F)(F)C(F)(F)F)cc1. The molecule has 1 rings (SSSR count). The maximum Gasteiger partial charge on any atom is 0.460 e. The lowest BCUT2D eigenvalue weighted by molar-refractivity contribution is -0.453. The summed E-state index contributed by atoms with van der Waals surface area (Å²) < 4.78 is 211. The van der Waals surface area contributed by atoms with E-state index in [2.05, 4.69) is 4.74 Å². The highest BCUT2D eigenvalue weighted by Gasteiger charge is 2.93. The second-order valence-corrected chi connectivity index (χ2v) is 5.82. The molecule has 0 unspecified atom stereocenters. The summed E-state index contributed by atoms with van der Waals surface area (Å²) in [6.07, 6.45) is -7.65. The zero-order valence-corrected chi connectivity index (χ0v) is 14.0. The van der Waals surface area contributed by atoms with Gasteiger partial charge in [0, 0.05) is 0 Å². The number of hydrogen-bond acceptors (Lipinski definition) is 1. The third-order valence-corrected chi connectivity index (χ3v) is 3.63. The van der Waals surface area contributed by atoms with E-state index < -0.39 is 59.9 Å². The Balaban J connectivity index is 3.35. The molecule has 0 fully saturated rings. The zero-order chi connectivity index (χ0) is 24.9. The van der Waals surface area contributed by atoms with Crippen LogP contribution in [0.25, 0.3) is 0 Å². The van der Waals surface area contributed by atoms with E-state index in [0.717, 1.165) is 0 Å². The molecular weight excluding hydrogens is 488 g/mol. The summed E-state index contributed by atoms with van der Waals surface area (Å²) in [5.74, 6) is -49.0. The molecule has 1 nitrogen and oxygen atoms in total. The van der Waals surface area contributed by atoms with E-state index >= 15 is 0 Å². The van der Waals surface area contributed by atoms with Crippen molar-refractivity contribution in [2.24, 2.45) is 0 Å². The van der Waals surface area contributed by atoms with Crippen molar-refractivity contribution in [3.63, 3.8) is 0 Å². The van der Waals surface area contributed by atoms with Gasteiger partial charge in [0.2, 0.25) is 0 Å². The van der Waals surface area contributed by atoms with E-state index in [-0.39, 0.29) is 0 Å². The monoisotopic (exact) mass is 494 g/mol. The molecule has 0 heterocycles. The average molecular weight is 494 g/mol. The van der Waals surface area contributed by atoms with Crippen LogP contribution in [0.5, 0.6) is 5.75 Å². The van der Waals surface area contributed by atoms with Gasteiger partial charge in [-0.2, -0.15) is 65.9 Å². The summed E-state index contributed by atoms with van der Waals surface area (Å²) in [6, 6.07) is 1.84. The third kappa shape index (κ3) is 4.06. The van der Waals surface area contributed by atoms with Crippen LogP contribution in [0.1, 0.15) is 0 Å². The Morgan fingerprint density at radius 1 is 0.516 bits per heavy atom. The Bertz CT molecular complexity index is 764. The second kappa shape index (κ2) is 7.50. The Hall–Kier alpha value is -2.10. The molecule has 0 saturated carbocycles. The van der Waals surface area contributed by atoms with E-state index in [1.165, 1.54) is 0 Å². The van der Waals surface area contributed by atoms with Gasteiger partial charge in [0.1, 0.15) is 11.6 Å². The summed E-state index contributed by atoms with van der Waals surface area (Å²) in [4.78, 5) is 0. The molecule has 0 aliphatic rings. The molecule has 0 aliphatic heterocycles. The van der Waals surface area contributed by atoms with Crippen LogP contribution in [-0.2, 0) is 0 Å². The zero-order valence-electron chi connectivity index (χ0n) is 14.0. The van der Waals surface area contributed by atoms with E-state index in [1.54, 1.807) is 0 Å². The lowest BCUT2D eigenvalue weighted by Gasteiger charge is -2.41. The van der Waals surface area contributed by atoms with Crippen molar-refractivity contribution in [2.75, 3.05) is 6.61 Å². The molecule has 0 radical (unpaired) electrons. The highest BCUT2D eigenvalue weighted by Crippen LogP contribution is 2.62. The van der Waals surface area contributed by atoms with Crippen LogP contribution < -0.4 is 4.74 Å². The first-order valence-electron chi connectivity index (χ1n) is 7.19. The molecule has 0 bridgehead atoms. The third-order valence-electron chi connectivity index (χ3n) is 3.63.